The highest BCUT2D eigenvalue weighted by Crippen LogP contribution is 2.64. The van der Waals surface area contributed by atoms with E-state index in [4.69, 9.17) is 0 Å². The Morgan fingerprint density at radius 3 is 2.82 bits per heavy atom. The SMILES string of the molecule is CC1C2CC3CC1(C2)CN3C. The molecule has 0 radical (unpaired) electrons. The average molecular weight is 151 g/mol. The van der Waals surface area contributed by atoms with Crippen molar-refractivity contribution in [1.82, 2.24) is 4.90 Å². The zero-order valence-corrected chi connectivity index (χ0v) is 7.51. The van der Waals surface area contributed by atoms with Crippen LogP contribution in [0, 0.1) is 17.3 Å². The lowest BCUT2D eigenvalue weighted by Crippen LogP contribution is -2.50. The molecule has 0 N–H and O–H groups in total. The minimum atomic E-state index is 0.794. The molecular weight excluding hydrogens is 134 g/mol. The zero-order chi connectivity index (χ0) is 7.64. The van der Waals surface area contributed by atoms with Gasteiger partial charge in [0, 0.05) is 12.6 Å². The van der Waals surface area contributed by atoms with E-state index in [1.165, 1.54) is 19.4 Å². The Morgan fingerprint density at radius 1 is 1.36 bits per heavy atom. The standard InChI is InChI=1S/C10H17N/c1-7-8-3-9-5-10(7,4-8)6-11(9)2/h7-9H,3-6H2,1-2H3. The highest BCUT2D eigenvalue weighted by Gasteiger charge is 2.60. The molecule has 1 heterocycles. The maximum Gasteiger partial charge on any atom is 0.0101 e. The molecule has 4 aliphatic rings. The van der Waals surface area contributed by atoms with Crippen LogP contribution in [0.2, 0.25) is 0 Å². The van der Waals surface area contributed by atoms with Crippen molar-refractivity contribution < 1.29 is 0 Å². The smallest absolute Gasteiger partial charge is 0.0101 e. The van der Waals surface area contributed by atoms with Crippen LogP contribution in [0.3, 0.4) is 0 Å². The molecule has 3 saturated carbocycles. The summed E-state index contributed by atoms with van der Waals surface area (Å²) in [6.07, 6.45) is 4.57. The quantitative estimate of drug-likeness (QED) is 0.509. The summed E-state index contributed by atoms with van der Waals surface area (Å²) in [5.74, 6) is 2.14. The van der Waals surface area contributed by atoms with Crippen molar-refractivity contribution in [1.29, 1.82) is 0 Å². The first kappa shape index (κ1) is 6.47. The lowest BCUT2D eigenvalue weighted by molar-refractivity contribution is -0.0472. The molecule has 1 heteroatoms. The molecule has 1 spiro atoms. The van der Waals surface area contributed by atoms with Crippen LogP contribution in [-0.4, -0.2) is 24.5 Å². The minimum absolute atomic E-state index is 0.794. The Labute approximate surface area is 68.8 Å². The zero-order valence-electron chi connectivity index (χ0n) is 7.51. The van der Waals surface area contributed by atoms with Crippen molar-refractivity contribution in [2.24, 2.45) is 17.3 Å². The van der Waals surface area contributed by atoms with Crippen LogP contribution in [0.4, 0.5) is 0 Å². The summed E-state index contributed by atoms with van der Waals surface area (Å²) in [5, 5.41) is 0. The van der Waals surface area contributed by atoms with E-state index < -0.39 is 0 Å². The van der Waals surface area contributed by atoms with Crippen LogP contribution >= 0.6 is 0 Å². The molecule has 0 aromatic heterocycles. The third kappa shape index (κ3) is 0.581. The maximum absolute atomic E-state index is 2.60. The van der Waals surface area contributed by atoms with Gasteiger partial charge in [-0.25, -0.2) is 0 Å². The van der Waals surface area contributed by atoms with Crippen LogP contribution in [0.1, 0.15) is 26.2 Å². The summed E-state index contributed by atoms with van der Waals surface area (Å²) >= 11 is 0. The highest BCUT2D eigenvalue weighted by atomic mass is 15.2. The monoisotopic (exact) mass is 151 g/mol. The summed E-state index contributed by atoms with van der Waals surface area (Å²) in [4.78, 5) is 2.60. The minimum Gasteiger partial charge on any atom is -0.303 e. The summed E-state index contributed by atoms with van der Waals surface area (Å²) in [6, 6.07) is 0.963. The van der Waals surface area contributed by atoms with Crippen LogP contribution in [0.5, 0.6) is 0 Å². The van der Waals surface area contributed by atoms with Crippen molar-refractivity contribution in [2.75, 3.05) is 13.6 Å². The second-order valence-corrected chi connectivity index (χ2v) is 5.12. The van der Waals surface area contributed by atoms with Crippen molar-refractivity contribution in [3.8, 4) is 0 Å². The van der Waals surface area contributed by atoms with Crippen LogP contribution in [-0.2, 0) is 0 Å². The Hall–Kier alpha value is -0.0400. The molecule has 62 valence electrons. The molecule has 4 unspecified atom stereocenters. The molecular formula is C10H17N. The normalized spacial score (nSPS) is 61.1. The van der Waals surface area contributed by atoms with Gasteiger partial charge in [0.25, 0.3) is 0 Å². The second kappa shape index (κ2) is 1.66. The van der Waals surface area contributed by atoms with Crippen molar-refractivity contribution >= 4 is 0 Å². The van der Waals surface area contributed by atoms with E-state index in [1.54, 1.807) is 6.42 Å². The molecule has 11 heavy (non-hydrogen) atoms. The fourth-order valence-electron chi connectivity index (χ4n) is 3.92. The molecule has 4 rings (SSSR count). The van der Waals surface area contributed by atoms with Crippen LogP contribution in [0.15, 0.2) is 0 Å². The van der Waals surface area contributed by atoms with E-state index in [2.05, 4.69) is 18.9 Å². The molecule has 0 aromatic rings. The van der Waals surface area contributed by atoms with Gasteiger partial charge in [-0.15, -0.1) is 0 Å². The van der Waals surface area contributed by atoms with E-state index in [9.17, 15) is 0 Å². The van der Waals surface area contributed by atoms with Crippen LogP contribution in [0.25, 0.3) is 0 Å². The van der Waals surface area contributed by atoms with Crippen molar-refractivity contribution in [2.45, 2.75) is 32.2 Å². The van der Waals surface area contributed by atoms with E-state index >= 15 is 0 Å². The van der Waals surface area contributed by atoms with Gasteiger partial charge in [-0.05, 0) is 43.6 Å². The van der Waals surface area contributed by atoms with Gasteiger partial charge in [0.05, 0.1) is 0 Å². The van der Waals surface area contributed by atoms with E-state index in [0.717, 1.165) is 23.3 Å². The Morgan fingerprint density at radius 2 is 2.18 bits per heavy atom. The average Bonchev–Trinajstić information content (AvgIpc) is 2.22. The summed E-state index contributed by atoms with van der Waals surface area (Å²) in [6.45, 7) is 3.87. The lowest BCUT2D eigenvalue weighted by atomic mass is 9.49. The van der Waals surface area contributed by atoms with Crippen molar-refractivity contribution in [3.63, 3.8) is 0 Å². The highest BCUT2D eigenvalue weighted by molar-refractivity contribution is 5.12. The lowest BCUT2D eigenvalue weighted by Gasteiger charge is -2.55. The van der Waals surface area contributed by atoms with Gasteiger partial charge in [-0.1, -0.05) is 6.92 Å². The van der Waals surface area contributed by atoms with Gasteiger partial charge in [0.2, 0.25) is 0 Å². The maximum atomic E-state index is 2.60. The van der Waals surface area contributed by atoms with Gasteiger partial charge in [0.15, 0.2) is 0 Å². The van der Waals surface area contributed by atoms with Gasteiger partial charge < -0.3 is 4.90 Å². The molecule has 3 bridgehead atoms. The molecule has 3 aliphatic carbocycles. The number of hydrogen-bond donors (Lipinski definition) is 0. The van der Waals surface area contributed by atoms with Gasteiger partial charge in [-0.2, -0.15) is 0 Å². The van der Waals surface area contributed by atoms with Crippen LogP contribution < -0.4 is 0 Å². The molecule has 4 atom stereocenters. The van der Waals surface area contributed by atoms with E-state index in [0.29, 0.717) is 0 Å². The molecule has 1 nitrogen and oxygen atoms in total. The summed E-state index contributed by atoms with van der Waals surface area (Å²) in [5.41, 5.74) is 0.794. The number of nitrogens with zero attached hydrogens (tertiary/aromatic N) is 1. The molecule has 1 saturated heterocycles. The first-order valence-electron chi connectivity index (χ1n) is 4.91. The predicted molar refractivity (Wildman–Crippen MR) is 45.4 cm³/mol. The molecule has 0 aromatic carbocycles. The first-order chi connectivity index (χ1) is 5.21. The molecule has 0 amide bonds. The van der Waals surface area contributed by atoms with Gasteiger partial charge >= 0.3 is 0 Å². The molecule has 4 fully saturated rings. The molecule has 1 aliphatic heterocycles. The van der Waals surface area contributed by atoms with E-state index in [1.807, 2.05) is 0 Å². The van der Waals surface area contributed by atoms with Gasteiger partial charge in [-0.3, -0.25) is 0 Å². The number of hydrogen-bond acceptors (Lipinski definition) is 1. The predicted octanol–water partition coefficient (Wildman–Crippen LogP) is 1.74. The Balaban J connectivity index is 1.97. The third-order valence-corrected chi connectivity index (χ3v) is 4.75. The van der Waals surface area contributed by atoms with Crippen molar-refractivity contribution in [3.05, 3.63) is 0 Å². The van der Waals surface area contributed by atoms with Gasteiger partial charge in [0.1, 0.15) is 0 Å². The first-order valence-corrected chi connectivity index (χ1v) is 4.91. The summed E-state index contributed by atoms with van der Waals surface area (Å²) in [7, 11) is 2.31. The fourth-order valence-corrected chi connectivity index (χ4v) is 3.92. The summed E-state index contributed by atoms with van der Waals surface area (Å²) < 4.78 is 0. The number of likely N-dealkylation sites (tertiary alicyclic amines) is 1. The van der Waals surface area contributed by atoms with E-state index in [-0.39, 0.29) is 0 Å². The Kier molecular flexibility index (Phi) is 0.976. The largest absolute Gasteiger partial charge is 0.303 e. The third-order valence-electron chi connectivity index (χ3n) is 4.75. The number of rotatable bonds is 0. The second-order valence-electron chi connectivity index (χ2n) is 5.12. The Bertz CT molecular complexity index is 197. The fraction of sp³-hybridized carbons (Fsp3) is 1.00. The topological polar surface area (TPSA) is 3.24 Å².